The average Bonchev–Trinajstić information content (AvgIpc) is 2.76. The van der Waals surface area contributed by atoms with E-state index in [-0.39, 0.29) is 13.0 Å². The minimum atomic E-state index is -1.03. The Labute approximate surface area is 187 Å². The van der Waals surface area contributed by atoms with E-state index < -0.39 is 30.9 Å². The highest BCUT2D eigenvalue weighted by atomic mass is 16.5. The number of ether oxygens (including phenoxy) is 1. The van der Waals surface area contributed by atoms with Gasteiger partial charge >= 0.3 is 5.97 Å². The molecular weight excluding hydrogens is 396 g/mol. The highest BCUT2D eigenvalue weighted by molar-refractivity contribution is 5.69. The van der Waals surface area contributed by atoms with Crippen LogP contribution in [0.2, 0.25) is 0 Å². The van der Waals surface area contributed by atoms with Crippen molar-refractivity contribution in [2.75, 3.05) is 13.2 Å². The van der Waals surface area contributed by atoms with Crippen LogP contribution in [0.5, 0.6) is 0 Å². The summed E-state index contributed by atoms with van der Waals surface area (Å²) in [7, 11) is 0. The molecule has 0 aliphatic carbocycles. The van der Waals surface area contributed by atoms with Gasteiger partial charge in [-0.1, -0.05) is 80.5 Å². The van der Waals surface area contributed by atoms with Gasteiger partial charge < -0.3 is 25.2 Å². The molecule has 6 nitrogen and oxygen atoms in total. The van der Waals surface area contributed by atoms with Crippen molar-refractivity contribution in [2.45, 2.75) is 76.6 Å². The number of allylic oxidation sites excluding steroid dienone is 7. The Hall–Kier alpha value is -1.99. The number of esters is 1. The third-order valence-corrected chi connectivity index (χ3v) is 4.25. The smallest absolute Gasteiger partial charge is 0.305 e. The van der Waals surface area contributed by atoms with E-state index in [0.717, 1.165) is 25.7 Å². The van der Waals surface area contributed by atoms with Crippen molar-refractivity contribution < 1.29 is 30.0 Å². The molecule has 4 N–H and O–H groups in total. The highest BCUT2D eigenvalue weighted by Crippen LogP contribution is 2.08. The first-order valence-corrected chi connectivity index (χ1v) is 11.1. The minimum Gasteiger partial charge on any atom is -0.463 e. The van der Waals surface area contributed by atoms with Crippen LogP contribution in [0.3, 0.4) is 0 Å². The van der Waals surface area contributed by atoms with Crippen LogP contribution >= 0.6 is 0 Å². The van der Waals surface area contributed by atoms with Crippen molar-refractivity contribution in [1.82, 2.24) is 0 Å². The van der Waals surface area contributed by atoms with Gasteiger partial charge in [-0.25, -0.2) is 0 Å². The number of rotatable bonds is 18. The molecule has 0 aromatic carbocycles. The minimum absolute atomic E-state index is 0.186. The van der Waals surface area contributed by atoms with Gasteiger partial charge in [-0.15, -0.1) is 0 Å². The van der Waals surface area contributed by atoms with Crippen LogP contribution in [0.25, 0.3) is 0 Å². The van der Waals surface area contributed by atoms with Crippen LogP contribution < -0.4 is 0 Å². The van der Waals surface area contributed by atoms with E-state index in [4.69, 9.17) is 14.9 Å². The number of carbonyl (C=O) groups excluding carboxylic acids is 1. The number of aliphatic hydroxyl groups is 4. The van der Waals surface area contributed by atoms with Crippen molar-refractivity contribution in [2.24, 2.45) is 0 Å². The van der Waals surface area contributed by atoms with Crippen molar-refractivity contribution >= 4 is 5.97 Å². The molecule has 0 amide bonds. The summed E-state index contributed by atoms with van der Waals surface area (Å²) in [5, 5.41) is 37.5. The summed E-state index contributed by atoms with van der Waals surface area (Å²) in [6.45, 7) is 1.48. The number of hydrogen-bond acceptors (Lipinski definition) is 6. The fourth-order valence-corrected chi connectivity index (χ4v) is 2.47. The summed E-state index contributed by atoms with van der Waals surface area (Å²) in [4.78, 5) is 11.4. The molecule has 0 fully saturated rings. The molecule has 0 aliphatic rings. The second-order valence-corrected chi connectivity index (χ2v) is 7.23. The summed E-state index contributed by atoms with van der Waals surface area (Å²) >= 11 is 0. The molecule has 0 spiro atoms. The van der Waals surface area contributed by atoms with Gasteiger partial charge in [-0.3, -0.25) is 4.79 Å². The zero-order valence-electron chi connectivity index (χ0n) is 18.7. The van der Waals surface area contributed by atoms with Crippen molar-refractivity contribution in [3.8, 4) is 0 Å². The van der Waals surface area contributed by atoms with Gasteiger partial charge in [0.25, 0.3) is 0 Å². The summed E-state index contributed by atoms with van der Waals surface area (Å²) in [5.41, 5.74) is 0. The molecule has 176 valence electrons. The molecule has 0 radical (unpaired) electrons. The van der Waals surface area contributed by atoms with Crippen LogP contribution in [-0.2, 0) is 9.53 Å². The number of unbranched alkanes of at least 4 members (excludes halogenated alkanes) is 2. The van der Waals surface area contributed by atoms with Gasteiger partial charge in [0.15, 0.2) is 0 Å². The lowest BCUT2D eigenvalue weighted by molar-refractivity contribution is -0.147. The highest BCUT2D eigenvalue weighted by Gasteiger charge is 2.07. The van der Waals surface area contributed by atoms with Crippen molar-refractivity contribution in [3.05, 3.63) is 60.8 Å². The maximum Gasteiger partial charge on any atom is 0.305 e. The van der Waals surface area contributed by atoms with Gasteiger partial charge in [0.1, 0.15) is 12.7 Å². The molecule has 0 bridgehead atoms. The van der Waals surface area contributed by atoms with E-state index in [9.17, 15) is 15.0 Å². The van der Waals surface area contributed by atoms with Crippen LogP contribution in [0.4, 0.5) is 0 Å². The topological polar surface area (TPSA) is 107 Å². The van der Waals surface area contributed by atoms with Crippen LogP contribution in [0.15, 0.2) is 60.8 Å². The SMILES string of the molecule is CCC=CCC=CCC(O)C=CC=CC=CC(O)CCCCCC(=O)OCC(O)CO. The Morgan fingerprint density at radius 3 is 2.23 bits per heavy atom. The number of carbonyl (C=O) groups is 1. The molecule has 0 aliphatic heterocycles. The Morgan fingerprint density at radius 1 is 0.871 bits per heavy atom. The summed E-state index contributed by atoms with van der Waals surface area (Å²) in [6, 6.07) is 0. The number of aliphatic hydroxyl groups excluding tert-OH is 4. The third kappa shape index (κ3) is 21.0. The molecule has 0 aromatic rings. The maximum absolute atomic E-state index is 11.4. The second kappa shape index (κ2) is 21.2. The van der Waals surface area contributed by atoms with Crippen molar-refractivity contribution in [1.29, 1.82) is 0 Å². The van der Waals surface area contributed by atoms with Gasteiger partial charge in [0.2, 0.25) is 0 Å². The normalized spacial score (nSPS) is 15.6. The molecule has 6 heteroatoms. The molecule has 3 atom stereocenters. The van der Waals surface area contributed by atoms with E-state index in [0.29, 0.717) is 19.3 Å². The first kappa shape index (κ1) is 29.0. The van der Waals surface area contributed by atoms with Crippen molar-refractivity contribution in [3.63, 3.8) is 0 Å². The maximum atomic E-state index is 11.4. The molecule has 31 heavy (non-hydrogen) atoms. The monoisotopic (exact) mass is 436 g/mol. The molecule has 0 saturated heterocycles. The van der Waals surface area contributed by atoms with E-state index >= 15 is 0 Å². The van der Waals surface area contributed by atoms with Crippen LogP contribution in [0, 0.1) is 0 Å². The number of hydrogen-bond donors (Lipinski definition) is 4. The molecule has 0 aromatic heterocycles. The zero-order chi connectivity index (χ0) is 23.2. The molecule has 0 heterocycles. The zero-order valence-corrected chi connectivity index (χ0v) is 18.7. The fourth-order valence-electron chi connectivity index (χ4n) is 2.47. The quantitative estimate of drug-likeness (QED) is 0.113. The Morgan fingerprint density at radius 2 is 1.55 bits per heavy atom. The van der Waals surface area contributed by atoms with Gasteiger partial charge in [-0.05, 0) is 32.1 Å². The molecular formula is C25H40O6. The third-order valence-electron chi connectivity index (χ3n) is 4.25. The van der Waals surface area contributed by atoms with Crippen LogP contribution in [-0.4, -0.2) is 57.9 Å². The summed E-state index contributed by atoms with van der Waals surface area (Å²) in [5.74, 6) is -0.392. The second-order valence-electron chi connectivity index (χ2n) is 7.23. The first-order valence-electron chi connectivity index (χ1n) is 11.1. The van der Waals surface area contributed by atoms with E-state index in [1.54, 1.807) is 36.5 Å². The largest absolute Gasteiger partial charge is 0.463 e. The van der Waals surface area contributed by atoms with Gasteiger partial charge in [0, 0.05) is 6.42 Å². The predicted molar refractivity (Wildman–Crippen MR) is 124 cm³/mol. The molecule has 0 saturated carbocycles. The average molecular weight is 437 g/mol. The van der Waals surface area contributed by atoms with E-state index in [1.165, 1.54) is 0 Å². The lowest BCUT2D eigenvalue weighted by Gasteiger charge is -2.08. The Kier molecular flexibility index (Phi) is 19.9. The Balaban J connectivity index is 3.80. The standard InChI is InChI=1S/C25H40O6/c1-2-3-4-5-6-10-15-22(27)16-11-7-8-12-17-23(28)18-13-9-14-19-25(30)31-21-24(29)20-26/h3-4,6-8,10-12,16-17,22-24,26-29H,2,5,9,13-15,18-21H2,1H3. The lowest BCUT2D eigenvalue weighted by atomic mass is 10.1. The fraction of sp³-hybridized carbons (Fsp3) is 0.560. The molecule has 0 rings (SSSR count). The summed E-state index contributed by atoms with van der Waals surface area (Å²) in [6.07, 6.45) is 22.4. The van der Waals surface area contributed by atoms with E-state index in [2.05, 4.69) is 19.1 Å². The van der Waals surface area contributed by atoms with Gasteiger partial charge in [-0.2, -0.15) is 0 Å². The van der Waals surface area contributed by atoms with Gasteiger partial charge in [0.05, 0.1) is 18.8 Å². The molecule has 3 unspecified atom stereocenters. The van der Waals surface area contributed by atoms with Crippen LogP contribution in [0.1, 0.15) is 58.3 Å². The lowest BCUT2D eigenvalue weighted by Crippen LogP contribution is -2.21. The first-order chi connectivity index (χ1) is 15.0. The predicted octanol–water partition coefficient (Wildman–Crippen LogP) is 3.53. The summed E-state index contributed by atoms with van der Waals surface area (Å²) < 4.78 is 4.82. The van der Waals surface area contributed by atoms with E-state index in [1.807, 2.05) is 12.2 Å². The Bertz CT molecular complexity index is 577.